The molecule has 1 aromatic rings. The fourth-order valence-corrected chi connectivity index (χ4v) is 3.27. The van der Waals surface area contributed by atoms with E-state index in [0.29, 0.717) is 11.2 Å². The molecule has 2 N–H and O–H groups in total. The van der Waals surface area contributed by atoms with Gasteiger partial charge in [0.15, 0.2) is 0 Å². The van der Waals surface area contributed by atoms with Gasteiger partial charge in [-0.2, -0.15) is 0 Å². The molecule has 0 atom stereocenters. The Morgan fingerprint density at radius 2 is 1.83 bits per heavy atom. The fourth-order valence-electron chi connectivity index (χ4n) is 3.27. The predicted octanol–water partition coefficient (Wildman–Crippen LogP) is 4.20. The first kappa shape index (κ1) is 13.1. The molecule has 0 saturated carbocycles. The van der Waals surface area contributed by atoms with E-state index in [4.69, 9.17) is 5.73 Å². The van der Waals surface area contributed by atoms with Gasteiger partial charge in [0.1, 0.15) is 5.82 Å². The number of pyridine rings is 1. The van der Waals surface area contributed by atoms with E-state index in [1.54, 1.807) is 0 Å². The van der Waals surface area contributed by atoms with E-state index >= 15 is 0 Å². The van der Waals surface area contributed by atoms with Crippen molar-refractivity contribution in [1.29, 1.82) is 0 Å². The van der Waals surface area contributed by atoms with Gasteiger partial charge in [0.05, 0.1) is 5.69 Å². The zero-order valence-corrected chi connectivity index (χ0v) is 12.2. The number of hydrogen-bond donors (Lipinski definition) is 1. The van der Waals surface area contributed by atoms with Crippen molar-refractivity contribution in [3.63, 3.8) is 0 Å². The lowest BCUT2D eigenvalue weighted by Crippen LogP contribution is -2.27. The monoisotopic (exact) mass is 244 g/mol. The highest BCUT2D eigenvalue weighted by Crippen LogP contribution is 2.47. The number of rotatable bonds is 1. The first-order chi connectivity index (χ1) is 8.19. The van der Waals surface area contributed by atoms with Crippen LogP contribution in [0.15, 0.2) is 18.2 Å². The highest BCUT2D eigenvalue weighted by molar-refractivity contribution is 5.66. The van der Waals surface area contributed by atoms with Crippen LogP contribution in [0, 0.1) is 17.8 Å². The van der Waals surface area contributed by atoms with Crippen molar-refractivity contribution in [2.75, 3.05) is 5.73 Å². The molecule has 0 spiro atoms. The van der Waals surface area contributed by atoms with Gasteiger partial charge in [0.2, 0.25) is 0 Å². The van der Waals surface area contributed by atoms with Crippen LogP contribution in [0.4, 0.5) is 5.82 Å². The molecule has 0 aliphatic heterocycles. The maximum atomic E-state index is 5.92. The summed E-state index contributed by atoms with van der Waals surface area (Å²) in [6.07, 6.45) is 4.66. The average molecular weight is 244 g/mol. The number of aromatic nitrogens is 1. The van der Waals surface area contributed by atoms with Gasteiger partial charge < -0.3 is 5.73 Å². The molecule has 2 rings (SSSR count). The van der Waals surface area contributed by atoms with E-state index in [-0.39, 0.29) is 5.41 Å². The fraction of sp³-hybridized carbons (Fsp3) is 0.562. The van der Waals surface area contributed by atoms with Gasteiger partial charge in [-0.25, -0.2) is 4.98 Å². The molecule has 1 heterocycles. The normalized spacial score (nSPS) is 21.5. The highest BCUT2D eigenvalue weighted by atomic mass is 14.8. The molecule has 0 radical (unpaired) electrons. The van der Waals surface area contributed by atoms with Crippen LogP contribution < -0.4 is 5.73 Å². The third-order valence-electron chi connectivity index (χ3n) is 3.63. The Hall–Kier alpha value is -1.31. The summed E-state index contributed by atoms with van der Waals surface area (Å²) in [4.78, 5) is 4.54. The van der Waals surface area contributed by atoms with E-state index in [2.05, 4.69) is 50.9 Å². The molecule has 0 bridgehead atoms. The van der Waals surface area contributed by atoms with Gasteiger partial charge in [-0.05, 0) is 47.8 Å². The van der Waals surface area contributed by atoms with Gasteiger partial charge in [-0.3, -0.25) is 0 Å². The summed E-state index contributed by atoms with van der Waals surface area (Å²) in [6, 6.07) is 4.15. The van der Waals surface area contributed by atoms with Crippen LogP contribution in [0.5, 0.6) is 0 Å². The molecule has 0 saturated heterocycles. The number of nitrogens with zero attached hydrogens (tertiary/aromatic N) is 1. The molecule has 0 amide bonds. The van der Waals surface area contributed by atoms with Crippen molar-refractivity contribution in [3.8, 4) is 0 Å². The van der Waals surface area contributed by atoms with Gasteiger partial charge in [-0.15, -0.1) is 0 Å². The number of aryl methyl sites for hydroxylation is 1. The van der Waals surface area contributed by atoms with E-state index in [1.807, 2.05) is 6.92 Å². The van der Waals surface area contributed by atoms with Gasteiger partial charge >= 0.3 is 0 Å². The summed E-state index contributed by atoms with van der Waals surface area (Å²) in [5.74, 6) is 0.648. The van der Waals surface area contributed by atoms with Crippen molar-refractivity contribution in [2.45, 2.75) is 47.5 Å². The minimum absolute atomic E-state index is 0.235. The number of anilines is 1. The third-order valence-corrected chi connectivity index (χ3v) is 3.63. The van der Waals surface area contributed by atoms with Crippen molar-refractivity contribution >= 4 is 11.4 Å². The van der Waals surface area contributed by atoms with Crippen molar-refractivity contribution < 1.29 is 0 Å². The Labute approximate surface area is 110 Å². The van der Waals surface area contributed by atoms with Crippen LogP contribution in [-0.4, -0.2) is 4.98 Å². The van der Waals surface area contributed by atoms with Gasteiger partial charge in [0, 0.05) is 0 Å². The lowest BCUT2D eigenvalue weighted by molar-refractivity contribution is 0.228. The Bertz CT molecular complexity index is 496. The summed E-state index contributed by atoms with van der Waals surface area (Å²) < 4.78 is 0. The molecule has 2 heteroatoms. The maximum absolute atomic E-state index is 5.92. The summed E-state index contributed by atoms with van der Waals surface area (Å²) in [5, 5.41) is 0. The Kier molecular flexibility index (Phi) is 3.00. The van der Waals surface area contributed by atoms with E-state index in [0.717, 1.165) is 17.7 Å². The molecule has 2 nitrogen and oxygen atoms in total. The van der Waals surface area contributed by atoms with E-state index < -0.39 is 0 Å². The second-order valence-electron chi connectivity index (χ2n) is 7.07. The largest absolute Gasteiger partial charge is 0.383 e. The second kappa shape index (κ2) is 4.11. The highest BCUT2D eigenvalue weighted by Gasteiger charge is 2.33. The summed E-state index contributed by atoms with van der Waals surface area (Å²) in [5.41, 5.74) is 9.91. The Balaban J connectivity index is 2.43. The molecular formula is C16H24N2. The van der Waals surface area contributed by atoms with Crippen molar-refractivity contribution in [2.24, 2.45) is 10.8 Å². The smallest absolute Gasteiger partial charge is 0.126 e. The zero-order chi connectivity index (χ0) is 13.6. The molecule has 18 heavy (non-hydrogen) atoms. The standard InChI is InChI=1S/C16H24N2/c1-11-6-7-13(18-14(11)17)12-8-15(2,3)10-16(4,5)9-12/h6-8H,9-10H2,1-5H3,(H2,17,18). The van der Waals surface area contributed by atoms with Crippen LogP contribution in [0.25, 0.3) is 5.57 Å². The molecule has 98 valence electrons. The first-order valence-electron chi connectivity index (χ1n) is 6.64. The third kappa shape index (κ3) is 2.74. The lowest BCUT2D eigenvalue weighted by atomic mass is 9.66. The molecule has 1 aromatic heterocycles. The first-order valence-corrected chi connectivity index (χ1v) is 6.64. The summed E-state index contributed by atoms with van der Waals surface area (Å²) in [6.45, 7) is 11.3. The maximum Gasteiger partial charge on any atom is 0.126 e. The zero-order valence-electron chi connectivity index (χ0n) is 12.2. The van der Waals surface area contributed by atoms with E-state index in [9.17, 15) is 0 Å². The predicted molar refractivity (Wildman–Crippen MR) is 78.2 cm³/mol. The topological polar surface area (TPSA) is 38.9 Å². The molecule has 0 unspecified atom stereocenters. The SMILES string of the molecule is Cc1ccc(C2=CC(C)(C)CC(C)(C)C2)nc1N. The quantitative estimate of drug-likeness (QED) is 0.804. The number of nitrogens with two attached hydrogens (primary N) is 1. The summed E-state index contributed by atoms with van der Waals surface area (Å²) in [7, 11) is 0. The Morgan fingerprint density at radius 1 is 1.17 bits per heavy atom. The Morgan fingerprint density at radius 3 is 2.39 bits per heavy atom. The summed E-state index contributed by atoms with van der Waals surface area (Å²) >= 11 is 0. The van der Waals surface area contributed by atoms with Crippen molar-refractivity contribution in [3.05, 3.63) is 29.5 Å². The van der Waals surface area contributed by atoms with E-state index in [1.165, 1.54) is 12.0 Å². The minimum Gasteiger partial charge on any atom is -0.383 e. The molecule has 1 aliphatic rings. The van der Waals surface area contributed by atoms with Crippen LogP contribution >= 0.6 is 0 Å². The average Bonchev–Trinajstić information content (AvgIpc) is 2.17. The minimum atomic E-state index is 0.235. The van der Waals surface area contributed by atoms with Crippen molar-refractivity contribution in [1.82, 2.24) is 4.98 Å². The molecule has 0 aromatic carbocycles. The number of nitrogen functional groups attached to an aromatic ring is 1. The number of allylic oxidation sites excluding steroid dienone is 2. The molecular weight excluding hydrogens is 220 g/mol. The number of hydrogen-bond acceptors (Lipinski definition) is 2. The lowest BCUT2D eigenvalue weighted by Gasteiger charge is -2.39. The van der Waals surface area contributed by atoms with Crippen LogP contribution in [0.3, 0.4) is 0 Å². The van der Waals surface area contributed by atoms with Gasteiger partial charge in [0.25, 0.3) is 0 Å². The second-order valence-corrected chi connectivity index (χ2v) is 7.07. The van der Waals surface area contributed by atoms with Crippen LogP contribution in [0.2, 0.25) is 0 Å². The van der Waals surface area contributed by atoms with Crippen LogP contribution in [0.1, 0.15) is 51.8 Å². The van der Waals surface area contributed by atoms with Gasteiger partial charge in [-0.1, -0.05) is 39.8 Å². The van der Waals surface area contributed by atoms with Crippen LogP contribution in [-0.2, 0) is 0 Å². The molecule has 1 aliphatic carbocycles. The molecule has 0 fully saturated rings.